The van der Waals surface area contributed by atoms with Crippen molar-refractivity contribution in [2.75, 3.05) is 25.0 Å². The summed E-state index contributed by atoms with van der Waals surface area (Å²) in [5.74, 6) is -0.477. The second kappa shape index (κ2) is 10.9. The Morgan fingerprint density at radius 3 is 2.61 bits per heavy atom. The quantitative estimate of drug-likeness (QED) is 0.413. The van der Waals surface area contributed by atoms with E-state index in [-0.39, 0.29) is 24.9 Å². The molecule has 0 unspecified atom stereocenters. The number of halogens is 1. The molecule has 0 radical (unpaired) electrons. The topological polar surface area (TPSA) is 140 Å². The van der Waals surface area contributed by atoms with Gasteiger partial charge in [-0.3, -0.25) is 14.3 Å². The third-order valence-corrected chi connectivity index (χ3v) is 5.36. The third kappa shape index (κ3) is 6.05. The molecule has 1 aromatic carbocycles. The number of hydrogen-bond acceptors (Lipinski definition) is 7. The van der Waals surface area contributed by atoms with Crippen LogP contribution in [0.4, 0.5) is 11.6 Å². The van der Waals surface area contributed by atoms with E-state index in [2.05, 4.69) is 31.0 Å². The molecular weight excluding hydrogens is 444 g/mol. The number of benzene rings is 1. The molecule has 4 rings (SSSR count). The smallest absolute Gasteiger partial charge is 0.251 e. The van der Waals surface area contributed by atoms with Crippen molar-refractivity contribution in [2.45, 2.75) is 25.8 Å². The maximum absolute atomic E-state index is 12.1. The van der Waals surface area contributed by atoms with Gasteiger partial charge >= 0.3 is 0 Å². The number of aryl methyl sites for hydroxylation is 1. The lowest BCUT2D eigenvalue weighted by Crippen LogP contribution is -2.33. The Kier molecular flexibility index (Phi) is 7.96. The van der Waals surface area contributed by atoms with Crippen LogP contribution in [0.15, 0.2) is 42.9 Å². The van der Waals surface area contributed by atoms with Crippen molar-refractivity contribution in [2.24, 2.45) is 5.73 Å². The van der Waals surface area contributed by atoms with Gasteiger partial charge < -0.3 is 21.7 Å². The van der Waals surface area contributed by atoms with Gasteiger partial charge in [-0.25, -0.2) is 9.97 Å². The van der Waals surface area contributed by atoms with Crippen LogP contribution in [0.1, 0.15) is 34.8 Å². The lowest BCUT2D eigenvalue weighted by Gasteiger charge is -2.22. The lowest BCUT2D eigenvalue weighted by molar-refractivity contribution is -0.117. The van der Waals surface area contributed by atoms with Crippen LogP contribution in [0.2, 0.25) is 0 Å². The van der Waals surface area contributed by atoms with Gasteiger partial charge in [0.15, 0.2) is 0 Å². The van der Waals surface area contributed by atoms with Crippen molar-refractivity contribution in [1.82, 2.24) is 30.4 Å². The molecule has 2 aromatic heterocycles. The van der Waals surface area contributed by atoms with Gasteiger partial charge in [-0.15, -0.1) is 12.4 Å². The predicted molar refractivity (Wildman–Crippen MR) is 128 cm³/mol. The number of carbonyl (C=O) groups is 2. The van der Waals surface area contributed by atoms with E-state index in [4.69, 9.17) is 5.73 Å². The van der Waals surface area contributed by atoms with Crippen LogP contribution in [0.25, 0.3) is 11.3 Å². The molecule has 0 atom stereocenters. The fraction of sp³-hybridized carbons (Fsp3) is 0.318. The van der Waals surface area contributed by atoms with Gasteiger partial charge in [0, 0.05) is 23.5 Å². The van der Waals surface area contributed by atoms with E-state index in [9.17, 15) is 9.59 Å². The van der Waals surface area contributed by atoms with E-state index in [1.165, 1.54) is 0 Å². The van der Waals surface area contributed by atoms with Crippen LogP contribution in [0.3, 0.4) is 0 Å². The molecule has 33 heavy (non-hydrogen) atoms. The Bertz CT molecular complexity index is 1110. The minimum Gasteiger partial charge on any atom is -0.368 e. The number of piperidine rings is 1. The van der Waals surface area contributed by atoms with Gasteiger partial charge in [0.25, 0.3) is 5.91 Å². The van der Waals surface area contributed by atoms with E-state index < -0.39 is 5.91 Å². The zero-order valence-electron chi connectivity index (χ0n) is 18.2. The van der Waals surface area contributed by atoms with E-state index in [1.54, 1.807) is 24.5 Å². The Morgan fingerprint density at radius 2 is 1.91 bits per heavy atom. The molecule has 1 saturated heterocycles. The highest BCUT2D eigenvalue weighted by molar-refractivity contribution is 5.96. The molecule has 0 saturated carbocycles. The molecule has 10 nitrogen and oxygen atoms in total. The molecular formula is C22H27ClN8O2. The van der Waals surface area contributed by atoms with Gasteiger partial charge in [-0.05, 0) is 50.6 Å². The highest BCUT2D eigenvalue weighted by Crippen LogP contribution is 2.24. The first-order valence-electron chi connectivity index (χ1n) is 10.5. The van der Waals surface area contributed by atoms with Crippen molar-refractivity contribution in [3.63, 3.8) is 0 Å². The van der Waals surface area contributed by atoms with Crippen LogP contribution in [-0.2, 0) is 4.79 Å². The molecule has 174 valence electrons. The Morgan fingerprint density at radius 1 is 1.18 bits per heavy atom. The molecule has 0 aliphatic carbocycles. The number of rotatable bonds is 7. The molecule has 11 heteroatoms. The highest BCUT2D eigenvalue weighted by Gasteiger charge is 2.16. The van der Waals surface area contributed by atoms with Crippen molar-refractivity contribution in [3.8, 4) is 11.3 Å². The van der Waals surface area contributed by atoms with Crippen LogP contribution in [-0.4, -0.2) is 51.2 Å². The fourth-order valence-corrected chi connectivity index (χ4v) is 3.65. The Balaban J connectivity index is 0.00000306. The third-order valence-electron chi connectivity index (χ3n) is 5.36. The summed E-state index contributed by atoms with van der Waals surface area (Å²) in [6.07, 6.45) is 7.64. The fourth-order valence-electron chi connectivity index (χ4n) is 3.65. The normalized spacial score (nSPS) is 13.7. The van der Waals surface area contributed by atoms with E-state index in [0.717, 1.165) is 48.4 Å². The molecule has 5 N–H and O–H groups in total. The number of carbonyl (C=O) groups excluding carboxylic acids is 2. The van der Waals surface area contributed by atoms with Crippen molar-refractivity contribution >= 4 is 35.9 Å². The van der Waals surface area contributed by atoms with Crippen LogP contribution < -0.4 is 21.7 Å². The van der Waals surface area contributed by atoms with Crippen molar-refractivity contribution in [3.05, 3.63) is 54.0 Å². The minimum absolute atomic E-state index is 0. The maximum Gasteiger partial charge on any atom is 0.251 e. The van der Waals surface area contributed by atoms with E-state index in [0.29, 0.717) is 17.6 Å². The standard InChI is InChI=1S/C22H26N8O2.ClH/c1-14-10-26-22(28-17-11-27-30(13-17)18-6-8-24-9-7-18)29-20(14)15-2-4-16(5-3-15)21(32)25-12-19(23)31;/h2-5,10-11,13,18,24H,6-9,12H2,1H3,(H2,23,31)(H,25,32)(H,26,28,29);1H. The van der Waals surface area contributed by atoms with Crippen LogP contribution in [0, 0.1) is 6.92 Å². The zero-order valence-corrected chi connectivity index (χ0v) is 19.1. The molecule has 3 aromatic rings. The summed E-state index contributed by atoms with van der Waals surface area (Å²) in [7, 11) is 0. The first-order valence-corrected chi connectivity index (χ1v) is 10.5. The summed E-state index contributed by atoms with van der Waals surface area (Å²) in [5, 5.41) is 13.6. The average Bonchev–Trinajstić information content (AvgIpc) is 3.28. The zero-order chi connectivity index (χ0) is 22.5. The molecule has 1 aliphatic rings. The monoisotopic (exact) mass is 470 g/mol. The number of amides is 2. The van der Waals surface area contributed by atoms with Gasteiger partial charge in [-0.2, -0.15) is 5.10 Å². The number of nitrogens with zero attached hydrogens (tertiary/aromatic N) is 4. The average molecular weight is 471 g/mol. The highest BCUT2D eigenvalue weighted by atomic mass is 35.5. The number of primary amides is 1. The number of nitrogens with one attached hydrogen (secondary N) is 3. The second-order valence-electron chi connectivity index (χ2n) is 7.77. The molecule has 2 amide bonds. The number of anilines is 2. The summed E-state index contributed by atoms with van der Waals surface area (Å²) in [6, 6.07) is 7.40. The second-order valence-corrected chi connectivity index (χ2v) is 7.77. The Labute approximate surface area is 197 Å². The molecule has 1 fully saturated rings. The van der Waals surface area contributed by atoms with E-state index >= 15 is 0 Å². The van der Waals surface area contributed by atoms with Gasteiger partial charge in [0.1, 0.15) is 0 Å². The van der Waals surface area contributed by atoms with Crippen LogP contribution >= 0.6 is 12.4 Å². The van der Waals surface area contributed by atoms with Gasteiger partial charge in [0.2, 0.25) is 11.9 Å². The lowest BCUT2D eigenvalue weighted by atomic mass is 10.1. The van der Waals surface area contributed by atoms with Crippen molar-refractivity contribution in [1.29, 1.82) is 0 Å². The summed E-state index contributed by atoms with van der Waals surface area (Å²) < 4.78 is 2.00. The number of aromatic nitrogens is 4. The summed E-state index contributed by atoms with van der Waals surface area (Å²) in [6.45, 7) is 3.74. The first-order chi connectivity index (χ1) is 15.5. The largest absolute Gasteiger partial charge is 0.368 e. The SMILES string of the molecule is Cc1cnc(Nc2cnn(C3CCNCC3)c2)nc1-c1ccc(C(=O)NCC(N)=O)cc1.Cl. The summed E-state index contributed by atoms with van der Waals surface area (Å²) in [4.78, 5) is 32.0. The van der Waals surface area contributed by atoms with Gasteiger partial charge in [-0.1, -0.05) is 12.1 Å². The van der Waals surface area contributed by atoms with Crippen molar-refractivity contribution < 1.29 is 9.59 Å². The van der Waals surface area contributed by atoms with Gasteiger partial charge in [0.05, 0.1) is 30.2 Å². The maximum atomic E-state index is 12.1. The van der Waals surface area contributed by atoms with Crippen LogP contribution in [0.5, 0.6) is 0 Å². The number of hydrogen-bond donors (Lipinski definition) is 4. The minimum atomic E-state index is -0.590. The Hall–Kier alpha value is -3.50. The summed E-state index contributed by atoms with van der Waals surface area (Å²) >= 11 is 0. The molecule has 1 aliphatic heterocycles. The number of nitrogens with two attached hydrogens (primary N) is 1. The predicted octanol–water partition coefficient (Wildman–Crippen LogP) is 1.95. The molecule has 3 heterocycles. The summed E-state index contributed by atoms with van der Waals surface area (Å²) in [5.41, 5.74) is 8.85. The molecule has 0 bridgehead atoms. The van der Waals surface area contributed by atoms with E-state index in [1.807, 2.05) is 29.9 Å². The molecule has 0 spiro atoms. The first kappa shape index (κ1) is 24.1.